The van der Waals surface area contributed by atoms with Crippen LogP contribution in [0.2, 0.25) is 0 Å². The highest BCUT2D eigenvalue weighted by atomic mass is 16.7. The Kier molecular flexibility index (Phi) is 10.9. The fourth-order valence-electron chi connectivity index (χ4n) is 5.10. The number of hydrogen-bond donors (Lipinski definition) is 11. The van der Waals surface area contributed by atoms with E-state index >= 15 is 0 Å². The number of aliphatic hydroxyl groups excluding tert-OH is 6. The van der Waals surface area contributed by atoms with Crippen LogP contribution in [0.3, 0.4) is 0 Å². The van der Waals surface area contributed by atoms with Gasteiger partial charge in [-0.05, 0) is 32.7 Å². The molecule has 13 atom stereocenters. The monoisotopic (exact) mass is 537 g/mol. The van der Waals surface area contributed by atoms with Crippen LogP contribution in [-0.2, 0) is 18.9 Å². The Morgan fingerprint density at radius 3 is 2.30 bits per heavy atom. The van der Waals surface area contributed by atoms with Gasteiger partial charge in [0.2, 0.25) is 6.29 Å². The van der Waals surface area contributed by atoms with E-state index in [-0.39, 0.29) is 18.2 Å². The molecule has 216 valence electrons. The van der Waals surface area contributed by atoms with Gasteiger partial charge in [0.1, 0.15) is 42.0 Å². The van der Waals surface area contributed by atoms with Crippen LogP contribution in [0.15, 0.2) is 11.5 Å². The van der Waals surface area contributed by atoms with E-state index in [9.17, 15) is 30.6 Å². The lowest BCUT2D eigenvalue weighted by atomic mass is 9.87. The van der Waals surface area contributed by atoms with Crippen LogP contribution in [0.25, 0.3) is 0 Å². The molecule has 0 bridgehead atoms. The molecule has 2 aliphatic heterocycles. The maximum absolute atomic E-state index is 10.9. The molecule has 0 amide bonds. The summed E-state index contributed by atoms with van der Waals surface area (Å²) >= 11 is 0. The number of nitrogens with two attached hydrogens (primary N) is 3. The maximum atomic E-state index is 10.9. The molecule has 0 aromatic rings. The molecule has 37 heavy (non-hydrogen) atoms. The average Bonchev–Trinajstić information content (AvgIpc) is 2.85. The SMILES string of the molecule is CN/C(=C(/O)C1CCC(N)[C@@H](O[C@@H]2C(N)C[C@@H](N)CC2O)O1)C(O)O[C@H]1OC(CO)[C@@H](NC)C(O)[C@@H]1O. The van der Waals surface area contributed by atoms with Crippen LogP contribution in [0.5, 0.6) is 0 Å². The van der Waals surface area contributed by atoms with Gasteiger partial charge in [-0.3, -0.25) is 0 Å². The Hall–Kier alpha value is -1.18. The summed E-state index contributed by atoms with van der Waals surface area (Å²) in [5.41, 5.74) is 18.0. The van der Waals surface area contributed by atoms with Gasteiger partial charge in [0, 0.05) is 19.1 Å². The van der Waals surface area contributed by atoms with Crippen molar-refractivity contribution in [2.45, 2.75) is 105 Å². The van der Waals surface area contributed by atoms with E-state index in [2.05, 4.69) is 10.6 Å². The van der Waals surface area contributed by atoms with Crippen LogP contribution in [0.1, 0.15) is 25.7 Å². The minimum absolute atomic E-state index is 0.179. The molecule has 0 aromatic heterocycles. The fourth-order valence-corrected chi connectivity index (χ4v) is 5.10. The summed E-state index contributed by atoms with van der Waals surface area (Å²) in [5, 5.41) is 67.8. The summed E-state index contributed by atoms with van der Waals surface area (Å²) in [6.45, 7) is -0.478. The molecule has 14 N–H and O–H groups in total. The summed E-state index contributed by atoms with van der Waals surface area (Å²) in [5.74, 6) is -0.399. The molecule has 15 heteroatoms. The van der Waals surface area contributed by atoms with Crippen LogP contribution >= 0.6 is 0 Å². The van der Waals surface area contributed by atoms with Gasteiger partial charge in [-0.15, -0.1) is 0 Å². The van der Waals surface area contributed by atoms with Gasteiger partial charge in [-0.2, -0.15) is 0 Å². The lowest BCUT2D eigenvalue weighted by molar-refractivity contribution is -0.311. The van der Waals surface area contributed by atoms with Gasteiger partial charge in [0.05, 0.1) is 24.8 Å². The lowest BCUT2D eigenvalue weighted by Crippen LogP contribution is -2.63. The minimum atomic E-state index is -1.82. The summed E-state index contributed by atoms with van der Waals surface area (Å²) in [4.78, 5) is 0. The zero-order valence-corrected chi connectivity index (χ0v) is 21.1. The van der Waals surface area contributed by atoms with Crippen molar-refractivity contribution in [3.63, 3.8) is 0 Å². The molecular formula is C22H43N5O10. The van der Waals surface area contributed by atoms with Gasteiger partial charge in [-0.1, -0.05) is 0 Å². The molecule has 7 unspecified atom stereocenters. The average molecular weight is 538 g/mol. The number of likely N-dealkylation sites (N-methyl/N-ethyl adjacent to an activating group) is 2. The lowest BCUT2D eigenvalue weighted by Gasteiger charge is -2.43. The second-order valence-electron chi connectivity index (χ2n) is 9.86. The van der Waals surface area contributed by atoms with Crippen LogP contribution in [0, 0.1) is 0 Å². The molecule has 3 rings (SSSR count). The molecule has 2 heterocycles. The first kappa shape index (κ1) is 30.4. The van der Waals surface area contributed by atoms with Gasteiger partial charge >= 0.3 is 0 Å². The third kappa shape index (κ3) is 6.88. The van der Waals surface area contributed by atoms with Gasteiger partial charge in [-0.25, -0.2) is 0 Å². The largest absolute Gasteiger partial charge is 0.508 e. The Morgan fingerprint density at radius 1 is 1.00 bits per heavy atom. The van der Waals surface area contributed by atoms with Crippen molar-refractivity contribution < 1.29 is 49.6 Å². The summed E-state index contributed by atoms with van der Waals surface area (Å²) in [7, 11) is 2.97. The van der Waals surface area contributed by atoms with E-state index in [1.54, 1.807) is 0 Å². The van der Waals surface area contributed by atoms with Crippen molar-refractivity contribution in [3.05, 3.63) is 11.5 Å². The number of aliphatic hydroxyl groups is 6. The summed E-state index contributed by atoms with van der Waals surface area (Å²) in [6.07, 6.45) is -9.33. The van der Waals surface area contributed by atoms with Crippen molar-refractivity contribution in [2.24, 2.45) is 17.2 Å². The van der Waals surface area contributed by atoms with Gasteiger partial charge < -0.3 is 77.4 Å². The van der Waals surface area contributed by atoms with Crippen molar-refractivity contribution in [1.29, 1.82) is 0 Å². The zero-order chi connectivity index (χ0) is 27.4. The smallest absolute Gasteiger partial charge is 0.202 e. The maximum Gasteiger partial charge on any atom is 0.202 e. The third-order valence-electron chi connectivity index (χ3n) is 7.20. The van der Waals surface area contributed by atoms with E-state index < -0.39 is 86.0 Å². The fraction of sp³-hybridized carbons (Fsp3) is 0.909. The van der Waals surface area contributed by atoms with Crippen molar-refractivity contribution in [2.75, 3.05) is 20.7 Å². The molecule has 0 spiro atoms. The first-order valence-corrected chi connectivity index (χ1v) is 12.5. The summed E-state index contributed by atoms with van der Waals surface area (Å²) < 4.78 is 22.7. The summed E-state index contributed by atoms with van der Waals surface area (Å²) in [6, 6.07) is -2.09. The minimum Gasteiger partial charge on any atom is -0.508 e. The number of rotatable bonds is 9. The van der Waals surface area contributed by atoms with Crippen molar-refractivity contribution in [3.8, 4) is 0 Å². The van der Waals surface area contributed by atoms with Crippen LogP contribution in [0.4, 0.5) is 0 Å². The normalized spacial score (nSPS) is 44.7. The second kappa shape index (κ2) is 13.3. The molecular weight excluding hydrogens is 494 g/mol. The topological polar surface area (TPSA) is 260 Å². The van der Waals surface area contributed by atoms with Crippen molar-refractivity contribution >= 4 is 0 Å². The van der Waals surface area contributed by atoms with E-state index in [1.165, 1.54) is 14.1 Å². The Bertz CT molecular complexity index is 751. The molecule has 3 aliphatic rings. The molecule has 1 aliphatic carbocycles. The predicted octanol–water partition coefficient (Wildman–Crippen LogP) is -4.64. The Labute approximate surface area is 215 Å². The highest BCUT2D eigenvalue weighted by Crippen LogP contribution is 2.30. The highest BCUT2D eigenvalue weighted by Gasteiger charge is 2.46. The highest BCUT2D eigenvalue weighted by molar-refractivity contribution is 5.13. The predicted molar refractivity (Wildman–Crippen MR) is 128 cm³/mol. The van der Waals surface area contributed by atoms with Crippen molar-refractivity contribution in [1.82, 2.24) is 10.6 Å². The number of hydrogen-bond acceptors (Lipinski definition) is 15. The van der Waals surface area contributed by atoms with Crippen LogP contribution < -0.4 is 27.8 Å². The van der Waals surface area contributed by atoms with Gasteiger partial charge in [0.25, 0.3) is 0 Å². The van der Waals surface area contributed by atoms with Crippen LogP contribution in [-0.4, -0.2) is 131 Å². The molecule has 15 nitrogen and oxygen atoms in total. The molecule has 2 saturated heterocycles. The molecule has 3 fully saturated rings. The third-order valence-corrected chi connectivity index (χ3v) is 7.20. The van der Waals surface area contributed by atoms with Gasteiger partial charge in [0.15, 0.2) is 12.6 Å². The molecule has 1 saturated carbocycles. The zero-order valence-electron chi connectivity index (χ0n) is 21.1. The first-order valence-electron chi connectivity index (χ1n) is 12.5. The quantitative estimate of drug-likeness (QED) is 0.0976. The van der Waals surface area contributed by atoms with E-state index in [4.69, 9.17) is 36.1 Å². The first-order chi connectivity index (χ1) is 17.5. The standard InChI is InChI=1S/C22H43N5O10/c1-26-14-13(7-28)35-22(18(32)17(14)31)37-20(33)15(27-2)16(30)12-4-3-9(24)21(34-12)36-19-10(25)5-8(23)6-11(19)29/h8-14,17-22,26-33H,3-7,23-25H2,1-2H3/b16-15+/t8-,9?,10?,11?,12?,13?,14-,17?,18+,19-,20?,21-,22-/m1/s1. The van der Waals surface area contributed by atoms with E-state index in [0.29, 0.717) is 19.3 Å². The molecule has 0 radical (unpaired) electrons. The number of nitrogens with one attached hydrogen (secondary N) is 2. The van der Waals surface area contributed by atoms with E-state index in [0.717, 1.165) is 0 Å². The Balaban J connectivity index is 1.69. The molecule has 0 aromatic carbocycles. The second-order valence-corrected chi connectivity index (χ2v) is 9.86. The number of ether oxygens (including phenoxy) is 4. The Morgan fingerprint density at radius 2 is 1.70 bits per heavy atom. The van der Waals surface area contributed by atoms with E-state index in [1.807, 2.05) is 0 Å².